The van der Waals surface area contributed by atoms with E-state index in [1.54, 1.807) is 0 Å². The summed E-state index contributed by atoms with van der Waals surface area (Å²) >= 11 is 0. The van der Waals surface area contributed by atoms with Gasteiger partial charge >= 0.3 is 0 Å². The van der Waals surface area contributed by atoms with E-state index in [0.29, 0.717) is 0 Å². The standard InChI is InChI=1S/C7H12N2O3/c1-5(10)8-4-9(6(2)11)7(3)12/h4H2,1-3H3,(H,8,10). The first-order valence-corrected chi connectivity index (χ1v) is 3.48. The molecule has 68 valence electrons. The molecule has 0 aromatic heterocycles. The van der Waals surface area contributed by atoms with Crippen molar-refractivity contribution in [2.45, 2.75) is 20.8 Å². The van der Waals surface area contributed by atoms with Gasteiger partial charge in [0, 0.05) is 20.8 Å². The van der Waals surface area contributed by atoms with Crippen molar-refractivity contribution in [1.82, 2.24) is 10.2 Å². The van der Waals surface area contributed by atoms with Gasteiger partial charge in [-0.05, 0) is 0 Å². The smallest absolute Gasteiger partial charge is 0.227 e. The molecule has 5 heteroatoms. The van der Waals surface area contributed by atoms with Crippen molar-refractivity contribution in [3.63, 3.8) is 0 Å². The van der Waals surface area contributed by atoms with E-state index in [9.17, 15) is 14.4 Å². The molecule has 0 bridgehead atoms. The summed E-state index contributed by atoms with van der Waals surface area (Å²) in [7, 11) is 0. The van der Waals surface area contributed by atoms with Crippen molar-refractivity contribution in [1.29, 1.82) is 0 Å². The van der Waals surface area contributed by atoms with E-state index in [1.807, 2.05) is 0 Å². The third-order valence-corrected chi connectivity index (χ3v) is 1.25. The minimum atomic E-state index is -0.378. The molecule has 0 saturated carbocycles. The SMILES string of the molecule is CC(=O)NCN(C(C)=O)C(C)=O. The van der Waals surface area contributed by atoms with Crippen LogP contribution in [0.2, 0.25) is 0 Å². The average Bonchev–Trinajstić information content (AvgIpc) is 1.84. The van der Waals surface area contributed by atoms with Crippen molar-refractivity contribution in [2.24, 2.45) is 0 Å². The Morgan fingerprint density at radius 1 is 1.08 bits per heavy atom. The number of rotatable bonds is 2. The quantitative estimate of drug-likeness (QED) is 0.570. The molecule has 0 aliphatic rings. The minimum absolute atomic E-state index is 0.0556. The summed E-state index contributed by atoms with van der Waals surface area (Å²) in [6.07, 6.45) is 0. The molecular weight excluding hydrogens is 160 g/mol. The fraction of sp³-hybridized carbons (Fsp3) is 0.571. The topological polar surface area (TPSA) is 66.5 Å². The minimum Gasteiger partial charge on any atom is -0.338 e. The van der Waals surface area contributed by atoms with Crippen LogP contribution in [0.3, 0.4) is 0 Å². The second-order valence-electron chi connectivity index (χ2n) is 2.36. The Balaban J connectivity index is 4.06. The number of imide groups is 1. The van der Waals surface area contributed by atoms with E-state index >= 15 is 0 Å². The maximum Gasteiger partial charge on any atom is 0.227 e. The Morgan fingerprint density at radius 3 is 1.75 bits per heavy atom. The Labute approximate surface area is 70.7 Å². The van der Waals surface area contributed by atoms with E-state index in [-0.39, 0.29) is 24.4 Å². The zero-order valence-corrected chi connectivity index (χ0v) is 7.38. The van der Waals surface area contributed by atoms with Gasteiger partial charge in [0.25, 0.3) is 0 Å². The van der Waals surface area contributed by atoms with Crippen LogP contribution in [0.4, 0.5) is 0 Å². The molecule has 0 atom stereocenters. The second-order valence-corrected chi connectivity index (χ2v) is 2.36. The lowest BCUT2D eigenvalue weighted by Crippen LogP contribution is -2.42. The van der Waals surface area contributed by atoms with Gasteiger partial charge in [-0.15, -0.1) is 0 Å². The van der Waals surface area contributed by atoms with Gasteiger partial charge in [0.1, 0.15) is 6.67 Å². The highest BCUT2D eigenvalue weighted by Crippen LogP contribution is 1.87. The lowest BCUT2D eigenvalue weighted by molar-refractivity contribution is -0.142. The normalized spacial score (nSPS) is 8.92. The predicted octanol–water partition coefficient (Wildman–Crippen LogP) is -0.525. The molecule has 0 saturated heterocycles. The van der Waals surface area contributed by atoms with Crippen LogP contribution in [0.25, 0.3) is 0 Å². The highest BCUT2D eigenvalue weighted by molar-refractivity contribution is 5.93. The summed E-state index contributed by atoms with van der Waals surface area (Å²) in [5, 5.41) is 2.35. The van der Waals surface area contributed by atoms with Gasteiger partial charge in [-0.1, -0.05) is 0 Å². The monoisotopic (exact) mass is 172 g/mol. The first-order chi connectivity index (χ1) is 5.45. The third-order valence-electron chi connectivity index (χ3n) is 1.25. The summed E-state index contributed by atoms with van der Waals surface area (Å²) in [4.78, 5) is 32.9. The maximum atomic E-state index is 10.8. The van der Waals surface area contributed by atoms with Gasteiger partial charge in [0.2, 0.25) is 17.7 Å². The molecule has 5 nitrogen and oxygen atoms in total. The van der Waals surface area contributed by atoms with Gasteiger partial charge in [-0.3, -0.25) is 19.3 Å². The van der Waals surface area contributed by atoms with Crippen LogP contribution in [-0.2, 0) is 14.4 Å². The zero-order chi connectivity index (χ0) is 9.72. The van der Waals surface area contributed by atoms with E-state index in [2.05, 4.69) is 5.32 Å². The van der Waals surface area contributed by atoms with Crippen LogP contribution < -0.4 is 5.32 Å². The molecule has 3 amide bonds. The van der Waals surface area contributed by atoms with Crippen LogP contribution in [0.15, 0.2) is 0 Å². The Bertz CT molecular complexity index is 199. The van der Waals surface area contributed by atoms with Crippen LogP contribution in [0.5, 0.6) is 0 Å². The summed E-state index contributed by atoms with van der Waals surface area (Å²) in [6, 6.07) is 0. The second kappa shape index (κ2) is 4.48. The first kappa shape index (κ1) is 10.6. The van der Waals surface area contributed by atoms with Gasteiger partial charge in [-0.2, -0.15) is 0 Å². The van der Waals surface area contributed by atoms with Gasteiger partial charge in [-0.25, -0.2) is 0 Å². The molecule has 0 aromatic rings. The summed E-state index contributed by atoms with van der Waals surface area (Å²) < 4.78 is 0. The lowest BCUT2D eigenvalue weighted by atomic mass is 10.5. The summed E-state index contributed by atoms with van der Waals surface area (Å²) in [5.41, 5.74) is 0. The van der Waals surface area contributed by atoms with E-state index in [1.165, 1.54) is 20.8 Å². The molecule has 12 heavy (non-hydrogen) atoms. The molecule has 0 fully saturated rings. The Hall–Kier alpha value is -1.39. The number of hydrogen-bond donors (Lipinski definition) is 1. The molecule has 0 heterocycles. The molecule has 0 spiro atoms. The van der Waals surface area contributed by atoms with Crippen LogP contribution in [0.1, 0.15) is 20.8 Å². The highest BCUT2D eigenvalue weighted by atomic mass is 16.2. The largest absolute Gasteiger partial charge is 0.338 e. The number of amides is 3. The van der Waals surface area contributed by atoms with Gasteiger partial charge < -0.3 is 5.32 Å². The van der Waals surface area contributed by atoms with Crippen molar-refractivity contribution in [3.8, 4) is 0 Å². The van der Waals surface area contributed by atoms with Crippen LogP contribution >= 0.6 is 0 Å². The number of nitrogens with zero attached hydrogens (tertiary/aromatic N) is 1. The van der Waals surface area contributed by atoms with Gasteiger partial charge in [0.15, 0.2) is 0 Å². The maximum absolute atomic E-state index is 10.8. The van der Waals surface area contributed by atoms with Crippen molar-refractivity contribution < 1.29 is 14.4 Å². The summed E-state index contributed by atoms with van der Waals surface area (Å²) in [5.74, 6) is -1.03. The highest BCUT2D eigenvalue weighted by Gasteiger charge is 2.12. The fourth-order valence-corrected chi connectivity index (χ4v) is 0.635. The van der Waals surface area contributed by atoms with Crippen LogP contribution in [-0.4, -0.2) is 29.3 Å². The molecular formula is C7H12N2O3. The molecule has 0 aliphatic heterocycles. The average molecular weight is 172 g/mol. The molecule has 0 unspecified atom stereocenters. The molecule has 0 rings (SSSR count). The number of hydrogen-bond acceptors (Lipinski definition) is 3. The zero-order valence-electron chi connectivity index (χ0n) is 7.38. The molecule has 0 radical (unpaired) electrons. The fourth-order valence-electron chi connectivity index (χ4n) is 0.635. The van der Waals surface area contributed by atoms with Crippen molar-refractivity contribution in [2.75, 3.05) is 6.67 Å². The third kappa shape index (κ3) is 3.70. The van der Waals surface area contributed by atoms with E-state index in [0.717, 1.165) is 4.90 Å². The van der Waals surface area contributed by atoms with E-state index in [4.69, 9.17) is 0 Å². The molecule has 0 aliphatic carbocycles. The van der Waals surface area contributed by atoms with Crippen LogP contribution in [0, 0.1) is 0 Å². The number of carbonyl (C=O) groups is 3. The molecule has 1 N–H and O–H groups in total. The number of nitrogens with one attached hydrogen (secondary N) is 1. The van der Waals surface area contributed by atoms with E-state index < -0.39 is 0 Å². The Kier molecular flexibility index (Phi) is 3.96. The Morgan fingerprint density at radius 2 is 1.50 bits per heavy atom. The van der Waals surface area contributed by atoms with Crippen molar-refractivity contribution in [3.05, 3.63) is 0 Å². The molecule has 0 aromatic carbocycles. The summed E-state index contributed by atoms with van der Waals surface area (Å²) in [6.45, 7) is 3.80. The first-order valence-electron chi connectivity index (χ1n) is 3.48. The van der Waals surface area contributed by atoms with Crippen molar-refractivity contribution >= 4 is 17.7 Å². The number of carbonyl (C=O) groups excluding carboxylic acids is 3. The van der Waals surface area contributed by atoms with Gasteiger partial charge in [0.05, 0.1) is 0 Å². The lowest BCUT2D eigenvalue weighted by Gasteiger charge is -2.16. The predicted molar refractivity (Wildman–Crippen MR) is 41.9 cm³/mol.